The molecule has 2 aliphatic rings. The fraction of sp³-hybridized carbons (Fsp3) is 0.474. The number of hydrogen-bond acceptors (Lipinski definition) is 14. The van der Waals surface area contributed by atoms with E-state index in [1.165, 1.54) is 23.1 Å². The topological polar surface area (TPSA) is 195 Å². The number of amides is 2. The Morgan fingerprint density at radius 3 is 2.94 bits per heavy atom. The molecule has 2 amide bonds. The highest BCUT2D eigenvalue weighted by Crippen LogP contribution is 2.35. The van der Waals surface area contributed by atoms with Crippen molar-refractivity contribution in [3.8, 4) is 0 Å². The number of thioether (sulfide) groups is 1. The first-order chi connectivity index (χ1) is 17.4. The number of anilines is 1. The minimum Gasteiger partial charge on any atom is -0.492 e. The molecule has 0 unspecified atom stereocenters. The van der Waals surface area contributed by atoms with E-state index in [1.54, 1.807) is 5.51 Å². The number of rotatable bonds is 12. The number of fused-ring (bicyclic) bond motifs is 1. The standard InChI is InChI=1S/C19H22N8O6S3/c1-2-3-4-5-33-25-12(14-23-18(20)36-26-14)15(28)22-11-9-6-32-10(7-34-19-24-21-8-35-19)13(17(30)31)27(9)16(11)29/h8-9,11H,2-7H2,1H3,(H,22,28)(H,30,31)(H2,20,23,26)/b25-12-/t9-,11+/m1/s1. The van der Waals surface area contributed by atoms with Crippen LogP contribution in [0.2, 0.25) is 0 Å². The molecule has 17 heteroatoms. The van der Waals surface area contributed by atoms with Gasteiger partial charge < -0.3 is 25.7 Å². The highest BCUT2D eigenvalue weighted by atomic mass is 32.2. The van der Waals surface area contributed by atoms with Crippen molar-refractivity contribution in [2.75, 3.05) is 24.7 Å². The third-order valence-corrected chi connectivity index (χ3v) is 7.58. The van der Waals surface area contributed by atoms with Gasteiger partial charge in [-0.2, -0.15) is 9.36 Å². The Morgan fingerprint density at radius 1 is 1.44 bits per heavy atom. The molecule has 0 aliphatic carbocycles. The van der Waals surface area contributed by atoms with Gasteiger partial charge in [-0.3, -0.25) is 14.5 Å². The quantitative estimate of drug-likeness (QED) is 0.109. The second-order valence-electron chi connectivity index (χ2n) is 7.54. The zero-order chi connectivity index (χ0) is 25.7. The van der Waals surface area contributed by atoms with Crippen molar-refractivity contribution in [3.63, 3.8) is 0 Å². The Kier molecular flexibility index (Phi) is 8.32. The first kappa shape index (κ1) is 25.8. The van der Waals surface area contributed by atoms with E-state index in [1.807, 2.05) is 6.92 Å². The fourth-order valence-corrected chi connectivity index (χ4v) is 5.35. The van der Waals surface area contributed by atoms with Crippen LogP contribution in [0.1, 0.15) is 32.0 Å². The number of nitrogens with two attached hydrogens (primary N) is 1. The molecule has 1 saturated heterocycles. The van der Waals surface area contributed by atoms with E-state index in [-0.39, 0.29) is 40.5 Å². The van der Waals surface area contributed by atoms with Crippen LogP contribution >= 0.6 is 34.6 Å². The number of carbonyl (C=O) groups is 3. The normalized spacial score (nSPS) is 19.4. The summed E-state index contributed by atoms with van der Waals surface area (Å²) >= 11 is 3.44. The van der Waals surface area contributed by atoms with Crippen LogP contribution in [0, 0.1) is 0 Å². The number of oxime groups is 1. The second-order valence-corrected chi connectivity index (χ2v) is 10.4. The second kappa shape index (κ2) is 11.6. The van der Waals surface area contributed by atoms with Crippen molar-refractivity contribution in [3.05, 3.63) is 22.8 Å². The Balaban J connectivity index is 1.46. The SMILES string of the molecule is CCCCCO/N=C(\C(=O)N[C@@H]1C(=O)N2C(C(=O)O)=C(CSc3nncs3)OC[C@H]12)c1nsc(N)n1. The molecule has 2 aromatic heterocycles. The van der Waals surface area contributed by atoms with Crippen LogP contribution in [0.25, 0.3) is 0 Å². The number of carboxylic acids is 1. The predicted octanol–water partition coefficient (Wildman–Crippen LogP) is 0.697. The van der Waals surface area contributed by atoms with Gasteiger partial charge in [0, 0.05) is 11.5 Å². The number of nitrogens with zero attached hydrogens (tertiary/aromatic N) is 6. The van der Waals surface area contributed by atoms with Crippen LogP contribution in [-0.4, -0.2) is 84.1 Å². The summed E-state index contributed by atoms with van der Waals surface area (Å²) in [5.74, 6) is -2.37. The highest BCUT2D eigenvalue weighted by molar-refractivity contribution is 8.01. The number of nitrogen functional groups attached to an aromatic ring is 1. The zero-order valence-electron chi connectivity index (χ0n) is 18.9. The molecule has 192 valence electrons. The molecule has 4 rings (SSSR count). The number of aromatic nitrogens is 4. The number of aliphatic carboxylic acids is 1. The summed E-state index contributed by atoms with van der Waals surface area (Å²) in [6, 6.07) is -1.73. The van der Waals surface area contributed by atoms with Crippen molar-refractivity contribution in [1.82, 2.24) is 29.8 Å². The zero-order valence-corrected chi connectivity index (χ0v) is 21.4. The summed E-state index contributed by atoms with van der Waals surface area (Å²) in [5, 5.41) is 24.0. The maximum atomic E-state index is 13.0. The lowest BCUT2D eigenvalue weighted by atomic mass is 9.92. The van der Waals surface area contributed by atoms with Gasteiger partial charge in [0.2, 0.25) is 11.5 Å². The number of ether oxygens (including phenoxy) is 1. The van der Waals surface area contributed by atoms with E-state index in [4.69, 9.17) is 15.3 Å². The van der Waals surface area contributed by atoms with Crippen LogP contribution in [-0.2, 0) is 24.0 Å². The van der Waals surface area contributed by atoms with Gasteiger partial charge >= 0.3 is 5.97 Å². The number of carbonyl (C=O) groups excluding carboxylic acids is 2. The summed E-state index contributed by atoms with van der Waals surface area (Å²) in [4.78, 5) is 48.3. The molecule has 0 bridgehead atoms. The Labute approximate surface area is 217 Å². The molecule has 1 fully saturated rings. The monoisotopic (exact) mass is 554 g/mol. The first-order valence-electron chi connectivity index (χ1n) is 10.8. The lowest BCUT2D eigenvalue weighted by Gasteiger charge is -2.49. The molecule has 0 radical (unpaired) electrons. The maximum absolute atomic E-state index is 13.0. The largest absolute Gasteiger partial charge is 0.492 e. The van der Waals surface area contributed by atoms with E-state index in [2.05, 4.69) is 30.0 Å². The molecule has 2 atom stereocenters. The van der Waals surface area contributed by atoms with Gasteiger partial charge in [0.1, 0.15) is 36.6 Å². The number of unbranched alkanes of at least 4 members (excludes halogenated alkanes) is 2. The van der Waals surface area contributed by atoms with Gasteiger partial charge in [-0.05, 0) is 6.42 Å². The first-order valence-corrected chi connectivity index (χ1v) is 13.5. The Hall–Kier alpha value is -3.31. The number of carboxylic acid groups (broad SMARTS) is 1. The van der Waals surface area contributed by atoms with E-state index < -0.39 is 29.9 Å². The average Bonchev–Trinajstić information content (AvgIpc) is 3.54. The van der Waals surface area contributed by atoms with Crippen LogP contribution in [0.3, 0.4) is 0 Å². The minimum absolute atomic E-state index is 0.00136. The third kappa shape index (κ3) is 5.57. The molecule has 36 heavy (non-hydrogen) atoms. The molecule has 0 spiro atoms. The molecule has 4 N–H and O–H groups in total. The minimum atomic E-state index is -1.31. The molecule has 0 aromatic carbocycles. The third-order valence-electron chi connectivity index (χ3n) is 5.17. The summed E-state index contributed by atoms with van der Waals surface area (Å²) in [6.45, 7) is 2.34. The summed E-state index contributed by atoms with van der Waals surface area (Å²) < 4.78 is 10.3. The molecular formula is C19H22N8O6S3. The molecule has 4 heterocycles. The fourth-order valence-electron chi connectivity index (χ4n) is 3.48. The molecule has 0 saturated carbocycles. The van der Waals surface area contributed by atoms with Gasteiger partial charge in [0.15, 0.2) is 15.2 Å². The molecular weight excluding hydrogens is 532 g/mol. The van der Waals surface area contributed by atoms with Gasteiger partial charge in [-0.1, -0.05) is 48.0 Å². The van der Waals surface area contributed by atoms with Crippen molar-refractivity contribution in [2.45, 2.75) is 42.6 Å². The summed E-state index contributed by atoms with van der Waals surface area (Å²) in [6.07, 6.45) is 2.68. The number of hydrogen-bond donors (Lipinski definition) is 3. The van der Waals surface area contributed by atoms with Crippen LogP contribution in [0.5, 0.6) is 0 Å². The van der Waals surface area contributed by atoms with Crippen molar-refractivity contribution >= 4 is 63.3 Å². The van der Waals surface area contributed by atoms with Gasteiger partial charge in [-0.15, -0.1) is 10.2 Å². The Morgan fingerprint density at radius 2 is 2.28 bits per heavy atom. The van der Waals surface area contributed by atoms with Crippen molar-refractivity contribution in [2.24, 2.45) is 5.16 Å². The lowest BCUT2D eigenvalue weighted by molar-refractivity contribution is -0.160. The number of β-lactam (4-membered cyclic amide) rings is 1. The van der Waals surface area contributed by atoms with E-state index in [0.29, 0.717) is 10.9 Å². The maximum Gasteiger partial charge on any atom is 0.356 e. The van der Waals surface area contributed by atoms with E-state index >= 15 is 0 Å². The molecule has 14 nitrogen and oxygen atoms in total. The average molecular weight is 555 g/mol. The summed E-state index contributed by atoms with van der Waals surface area (Å²) in [5.41, 5.74) is 6.71. The Bertz CT molecular complexity index is 1180. The van der Waals surface area contributed by atoms with Crippen molar-refractivity contribution < 1.29 is 29.1 Å². The van der Waals surface area contributed by atoms with E-state index in [0.717, 1.165) is 35.7 Å². The molecule has 2 aliphatic heterocycles. The summed E-state index contributed by atoms with van der Waals surface area (Å²) in [7, 11) is 0. The predicted molar refractivity (Wildman–Crippen MR) is 130 cm³/mol. The van der Waals surface area contributed by atoms with Gasteiger partial charge in [0.25, 0.3) is 11.8 Å². The van der Waals surface area contributed by atoms with Gasteiger partial charge in [0.05, 0.1) is 5.75 Å². The van der Waals surface area contributed by atoms with Crippen LogP contribution in [0.4, 0.5) is 5.13 Å². The van der Waals surface area contributed by atoms with Crippen LogP contribution in [0.15, 0.2) is 26.5 Å². The van der Waals surface area contributed by atoms with Gasteiger partial charge in [-0.25, -0.2) is 4.79 Å². The lowest BCUT2D eigenvalue weighted by Crippen LogP contribution is -2.73. The van der Waals surface area contributed by atoms with E-state index in [9.17, 15) is 19.5 Å². The van der Waals surface area contributed by atoms with Crippen molar-refractivity contribution in [1.29, 1.82) is 0 Å². The smallest absolute Gasteiger partial charge is 0.356 e. The van der Waals surface area contributed by atoms with Crippen LogP contribution < -0.4 is 11.1 Å². The number of nitrogens with one attached hydrogen (secondary N) is 1. The highest BCUT2D eigenvalue weighted by Gasteiger charge is 2.55. The molecule has 2 aromatic rings.